The summed E-state index contributed by atoms with van der Waals surface area (Å²) < 4.78 is 1.30. The maximum atomic E-state index is 4.78. The Morgan fingerprint density at radius 2 is 1.57 bits per heavy atom. The van der Waals surface area contributed by atoms with Crippen molar-refractivity contribution in [3.05, 3.63) is 18.0 Å². The van der Waals surface area contributed by atoms with Crippen LogP contribution in [-0.4, -0.2) is 17.2 Å². The molecule has 0 N–H and O–H groups in total. The molecule has 1 radical (unpaired) electrons. The third-order valence-corrected chi connectivity index (χ3v) is 6.17. The molecule has 1 saturated carbocycles. The monoisotopic (exact) mass is 327 g/mol. The van der Waals surface area contributed by atoms with E-state index in [0.29, 0.717) is 5.92 Å². The van der Waals surface area contributed by atoms with Gasteiger partial charge in [0.2, 0.25) is 0 Å². The maximum absolute atomic E-state index is 4.78. The Bertz CT molecular complexity index is 598. The first-order chi connectivity index (χ1) is 11.4. The van der Waals surface area contributed by atoms with Crippen LogP contribution in [0.25, 0.3) is 10.2 Å². The predicted molar refractivity (Wildman–Crippen MR) is 102 cm³/mol. The molecule has 0 saturated heterocycles. The highest BCUT2D eigenvalue weighted by Crippen LogP contribution is 2.30. The normalized spacial score (nSPS) is 19.2. The van der Waals surface area contributed by atoms with Crippen molar-refractivity contribution in [2.75, 3.05) is 0 Å². The van der Waals surface area contributed by atoms with Crippen molar-refractivity contribution in [1.82, 2.24) is 9.97 Å². The Balaban J connectivity index is 1.72. The van der Waals surface area contributed by atoms with Gasteiger partial charge in [-0.05, 0) is 18.9 Å². The molecule has 123 valence electrons. The summed E-state index contributed by atoms with van der Waals surface area (Å²) in [7, 11) is 2.08. The quantitative estimate of drug-likeness (QED) is 0.685. The molecule has 1 aliphatic carbocycles. The fourth-order valence-electron chi connectivity index (χ4n) is 3.67. The largest absolute Gasteiger partial charge is 0.259 e. The van der Waals surface area contributed by atoms with Gasteiger partial charge in [0, 0.05) is 16.5 Å². The average Bonchev–Trinajstić information content (AvgIpc) is 2.97. The van der Waals surface area contributed by atoms with Gasteiger partial charge in [-0.25, -0.2) is 0 Å². The molecule has 2 heterocycles. The number of fused-ring (bicyclic) bond motifs is 1. The van der Waals surface area contributed by atoms with Gasteiger partial charge >= 0.3 is 0 Å². The SMILES string of the molecule is C[B]c1nc2cnc(C3CCCCCCCCCCC3)cc2s1. The molecule has 0 amide bonds. The van der Waals surface area contributed by atoms with E-state index in [0.717, 1.165) is 10.4 Å². The lowest BCUT2D eigenvalue weighted by atomic mass is 9.84. The lowest BCUT2D eigenvalue weighted by molar-refractivity contribution is 0.462. The highest BCUT2D eigenvalue weighted by atomic mass is 32.1. The number of rotatable bonds is 2. The molecule has 0 aliphatic heterocycles. The number of pyridine rings is 1. The Kier molecular flexibility index (Phi) is 6.50. The molecular weight excluding hydrogens is 299 g/mol. The lowest BCUT2D eigenvalue weighted by Crippen LogP contribution is -2.07. The van der Waals surface area contributed by atoms with Crippen LogP contribution in [0.3, 0.4) is 0 Å². The molecule has 0 bridgehead atoms. The smallest absolute Gasteiger partial charge is 0.188 e. The van der Waals surface area contributed by atoms with Crippen LogP contribution < -0.4 is 4.91 Å². The molecule has 0 aromatic carbocycles. The van der Waals surface area contributed by atoms with E-state index in [4.69, 9.17) is 4.98 Å². The molecular formula is C19H28BN2S. The van der Waals surface area contributed by atoms with E-state index in [1.807, 2.05) is 6.20 Å². The second-order valence-electron chi connectivity index (χ2n) is 6.87. The predicted octanol–water partition coefficient (Wildman–Crippen LogP) is 5.46. The summed E-state index contributed by atoms with van der Waals surface area (Å²) in [4.78, 5) is 10.5. The van der Waals surface area contributed by atoms with Crippen LogP contribution in [0.2, 0.25) is 6.82 Å². The number of hydrogen-bond acceptors (Lipinski definition) is 3. The number of aromatic nitrogens is 2. The Hall–Kier alpha value is -0.895. The number of hydrogen-bond donors (Lipinski definition) is 0. The van der Waals surface area contributed by atoms with Crippen LogP contribution in [0.1, 0.15) is 82.2 Å². The summed E-state index contributed by atoms with van der Waals surface area (Å²) >= 11 is 1.79. The van der Waals surface area contributed by atoms with Gasteiger partial charge in [-0.2, -0.15) is 0 Å². The summed E-state index contributed by atoms with van der Waals surface area (Å²) in [5.74, 6) is 0.648. The Morgan fingerprint density at radius 3 is 2.17 bits per heavy atom. The minimum absolute atomic E-state index is 0.648. The minimum atomic E-state index is 0.648. The molecule has 4 heteroatoms. The van der Waals surface area contributed by atoms with E-state index in [1.165, 1.54) is 81.0 Å². The van der Waals surface area contributed by atoms with Gasteiger partial charge in [-0.3, -0.25) is 9.97 Å². The van der Waals surface area contributed by atoms with Crippen molar-refractivity contribution in [3.8, 4) is 0 Å². The van der Waals surface area contributed by atoms with Crippen molar-refractivity contribution in [1.29, 1.82) is 0 Å². The van der Waals surface area contributed by atoms with Gasteiger partial charge in [-0.15, -0.1) is 11.3 Å². The molecule has 0 unspecified atom stereocenters. The number of thiazole rings is 1. The van der Waals surface area contributed by atoms with Crippen molar-refractivity contribution >= 4 is 33.7 Å². The average molecular weight is 327 g/mol. The van der Waals surface area contributed by atoms with Crippen LogP contribution in [0.5, 0.6) is 0 Å². The van der Waals surface area contributed by atoms with Gasteiger partial charge < -0.3 is 0 Å². The van der Waals surface area contributed by atoms with Crippen LogP contribution in [0.4, 0.5) is 0 Å². The zero-order valence-electron chi connectivity index (χ0n) is 14.4. The summed E-state index contributed by atoms with van der Waals surface area (Å²) in [5, 5.41) is 0. The molecule has 2 aromatic heterocycles. The summed E-state index contributed by atoms with van der Waals surface area (Å²) in [6.07, 6.45) is 17.3. The van der Waals surface area contributed by atoms with Gasteiger partial charge in [0.1, 0.15) is 0 Å². The summed E-state index contributed by atoms with van der Waals surface area (Å²) in [5.41, 5.74) is 2.36. The third kappa shape index (κ3) is 4.79. The molecule has 0 spiro atoms. The fraction of sp³-hybridized carbons (Fsp3) is 0.684. The van der Waals surface area contributed by atoms with Gasteiger partial charge in [0.05, 0.1) is 16.4 Å². The molecule has 0 atom stereocenters. The van der Waals surface area contributed by atoms with Crippen molar-refractivity contribution in [3.63, 3.8) is 0 Å². The van der Waals surface area contributed by atoms with E-state index in [2.05, 4.69) is 25.2 Å². The first kappa shape index (κ1) is 16.9. The van der Waals surface area contributed by atoms with Gasteiger partial charge in [0.25, 0.3) is 0 Å². The van der Waals surface area contributed by atoms with E-state index >= 15 is 0 Å². The Labute approximate surface area is 145 Å². The van der Waals surface area contributed by atoms with Crippen LogP contribution >= 0.6 is 11.3 Å². The molecule has 23 heavy (non-hydrogen) atoms. The summed E-state index contributed by atoms with van der Waals surface area (Å²) in [6.45, 7) is 2.05. The topological polar surface area (TPSA) is 25.8 Å². The molecule has 2 nitrogen and oxygen atoms in total. The zero-order chi connectivity index (χ0) is 15.9. The summed E-state index contributed by atoms with van der Waals surface area (Å²) in [6, 6.07) is 2.32. The van der Waals surface area contributed by atoms with Crippen molar-refractivity contribution in [2.45, 2.75) is 83.4 Å². The standard InChI is InChI=1S/C19H28BN2S/c1-20-19-22-17-14-21-16(13-18(17)23-19)15-11-9-7-5-3-2-4-6-8-10-12-15/h13-15H,2-12H2,1H3. The highest BCUT2D eigenvalue weighted by Gasteiger charge is 2.15. The third-order valence-electron chi connectivity index (χ3n) is 5.08. The minimum Gasteiger partial charge on any atom is -0.259 e. The highest BCUT2D eigenvalue weighted by molar-refractivity contribution is 7.26. The first-order valence-electron chi connectivity index (χ1n) is 9.42. The number of nitrogens with zero attached hydrogens (tertiary/aromatic N) is 2. The second kappa shape index (κ2) is 8.82. The van der Waals surface area contributed by atoms with E-state index in [9.17, 15) is 0 Å². The Morgan fingerprint density at radius 1 is 0.957 bits per heavy atom. The fourth-order valence-corrected chi connectivity index (χ4v) is 4.54. The first-order valence-corrected chi connectivity index (χ1v) is 10.2. The van der Waals surface area contributed by atoms with Crippen LogP contribution in [0.15, 0.2) is 12.3 Å². The molecule has 3 rings (SSSR count). The second-order valence-corrected chi connectivity index (χ2v) is 7.94. The van der Waals surface area contributed by atoms with Crippen LogP contribution in [-0.2, 0) is 0 Å². The maximum Gasteiger partial charge on any atom is 0.188 e. The van der Waals surface area contributed by atoms with E-state index < -0.39 is 0 Å². The van der Waals surface area contributed by atoms with Gasteiger partial charge in [-0.1, -0.05) is 64.6 Å². The van der Waals surface area contributed by atoms with Gasteiger partial charge in [0.15, 0.2) is 7.28 Å². The van der Waals surface area contributed by atoms with Crippen molar-refractivity contribution < 1.29 is 0 Å². The van der Waals surface area contributed by atoms with Crippen LogP contribution in [0, 0.1) is 0 Å². The van der Waals surface area contributed by atoms with Crippen molar-refractivity contribution in [2.24, 2.45) is 0 Å². The molecule has 2 aromatic rings. The molecule has 1 fully saturated rings. The lowest BCUT2D eigenvalue weighted by Gasteiger charge is -2.17. The van der Waals surface area contributed by atoms with E-state index in [1.54, 1.807) is 11.3 Å². The molecule has 1 aliphatic rings. The zero-order valence-corrected chi connectivity index (χ0v) is 15.2. The van der Waals surface area contributed by atoms with E-state index in [-0.39, 0.29) is 0 Å².